The Morgan fingerprint density at radius 1 is 1.33 bits per heavy atom. The van der Waals surface area contributed by atoms with Gasteiger partial charge in [-0.2, -0.15) is 0 Å². The fourth-order valence-corrected chi connectivity index (χ4v) is 1.94. The van der Waals surface area contributed by atoms with E-state index in [-0.39, 0.29) is 6.04 Å². The van der Waals surface area contributed by atoms with Crippen molar-refractivity contribution in [3.63, 3.8) is 0 Å². The highest BCUT2D eigenvalue weighted by atomic mass is 19.2. The highest BCUT2D eigenvalue weighted by molar-refractivity contribution is 5.19. The standard InChI is InChI=1S/C15H21F2N/c1-4-18-13(7-5-11(2)3)9-12-6-8-14(16)15(17)10-12/h6,8,10,13,18H,2,4-5,7,9H2,1,3H3. The van der Waals surface area contributed by atoms with E-state index in [0.29, 0.717) is 6.42 Å². The Morgan fingerprint density at radius 3 is 2.61 bits per heavy atom. The summed E-state index contributed by atoms with van der Waals surface area (Å²) in [6.45, 7) is 8.79. The Morgan fingerprint density at radius 2 is 2.06 bits per heavy atom. The van der Waals surface area contributed by atoms with Gasteiger partial charge >= 0.3 is 0 Å². The Balaban J connectivity index is 2.63. The summed E-state index contributed by atoms with van der Waals surface area (Å²) in [6, 6.07) is 4.38. The topological polar surface area (TPSA) is 12.0 Å². The molecule has 0 aliphatic rings. The van der Waals surface area contributed by atoms with Crippen LogP contribution in [-0.4, -0.2) is 12.6 Å². The Bertz CT molecular complexity index is 401. The van der Waals surface area contributed by atoms with Gasteiger partial charge in [-0.3, -0.25) is 0 Å². The molecule has 0 aliphatic heterocycles. The van der Waals surface area contributed by atoms with Gasteiger partial charge in [-0.25, -0.2) is 8.78 Å². The molecule has 1 N–H and O–H groups in total. The average Bonchev–Trinajstić information content (AvgIpc) is 2.31. The molecular formula is C15H21F2N. The number of likely N-dealkylation sites (N-methyl/N-ethyl adjacent to an activating group) is 1. The van der Waals surface area contributed by atoms with Crippen molar-refractivity contribution in [2.75, 3.05) is 6.54 Å². The molecule has 0 heterocycles. The van der Waals surface area contributed by atoms with Gasteiger partial charge in [-0.1, -0.05) is 18.6 Å². The first-order chi connectivity index (χ1) is 8.52. The van der Waals surface area contributed by atoms with Crippen molar-refractivity contribution in [2.24, 2.45) is 0 Å². The number of benzene rings is 1. The van der Waals surface area contributed by atoms with Crippen LogP contribution >= 0.6 is 0 Å². The molecule has 0 bridgehead atoms. The maximum Gasteiger partial charge on any atom is 0.159 e. The molecule has 0 saturated carbocycles. The fourth-order valence-electron chi connectivity index (χ4n) is 1.94. The molecule has 100 valence electrons. The number of nitrogens with one attached hydrogen (secondary N) is 1. The van der Waals surface area contributed by atoms with Crippen LogP contribution in [0.1, 0.15) is 32.3 Å². The molecule has 1 rings (SSSR count). The predicted octanol–water partition coefficient (Wildman–Crippen LogP) is 3.84. The minimum Gasteiger partial charge on any atom is -0.314 e. The van der Waals surface area contributed by atoms with Crippen LogP contribution in [0.4, 0.5) is 8.78 Å². The molecule has 0 saturated heterocycles. The number of hydrogen-bond acceptors (Lipinski definition) is 1. The van der Waals surface area contributed by atoms with E-state index in [4.69, 9.17) is 0 Å². The monoisotopic (exact) mass is 253 g/mol. The molecule has 0 amide bonds. The van der Waals surface area contributed by atoms with Gasteiger partial charge in [0, 0.05) is 6.04 Å². The maximum atomic E-state index is 13.1. The first-order valence-corrected chi connectivity index (χ1v) is 6.34. The fraction of sp³-hybridized carbons (Fsp3) is 0.467. The van der Waals surface area contributed by atoms with Crippen LogP contribution in [-0.2, 0) is 6.42 Å². The van der Waals surface area contributed by atoms with Crippen LogP contribution in [0.5, 0.6) is 0 Å². The summed E-state index contributed by atoms with van der Waals surface area (Å²) in [5, 5.41) is 3.36. The van der Waals surface area contributed by atoms with E-state index in [1.165, 1.54) is 12.1 Å². The normalized spacial score (nSPS) is 12.4. The zero-order valence-electron chi connectivity index (χ0n) is 11.1. The van der Waals surface area contributed by atoms with Crippen molar-refractivity contribution in [3.05, 3.63) is 47.5 Å². The lowest BCUT2D eigenvalue weighted by molar-refractivity contribution is 0.482. The Kier molecular flexibility index (Phi) is 5.99. The number of hydrogen-bond donors (Lipinski definition) is 1. The second-order valence-electron chi connectivity index (χ2n) is 4.70. The summed E-state index contributed by atoms with van der Waals surface area (Å²) < 4.78 is 26.0. The molecule has 18 heavy (non-hydrogen) atoms. The molecule has 1 nitrogen and oxygen atoms in total. The zero-order chi connectivity index (χ0) is 13.5. The summed E-state index contributed by atoms with van der Waals surface area (Å²) in [5.41, 5.74) is 1.96. The molecule has 0 fully saturated rings. The van der Waals surface area contributed by atoms with Crippen LogP contribution in [0, 0.1) is 11.6 Å². The van der Waals surface area contributed by atoms with Gasteiger partial charge < -0.3 is 5.32 Å². The number of rotatable bonds is 7. The van der Waals surface area contributed by atoms with Gasteiger partial charge in [0.05, 0.1) is 0 Å². The highest BCUT2D eigenvalue weighted by Crippen LogP contribution is 2.14. The number of halogens is 2. The van der Waals surface area contributed by atoms with Crippen molar-refractivity contribution < 1.29 is 8.78 Å². The lowest BCUT2D eigenvalue weighted by atomic mass is 10.00. The first kappa shape index (κ1) is 14.8. The van der Waals surface area contributed by atoms with E-state index in [9.17, 15) is 8.78 Å². The Labute approximate surface area is 108 Å². The lowest BCUT2D eigenvalue weighted by Gasteiger charge is -2.18. The average molecular weight is 253 g/mol. The summed E-state index contributed by atoms with van der Waals surface area (Å²) in [5.74, 6) is -1.57. The summed E-state index contributed by atoms with van der Waals surface area (Å²) >= 11 is 0. The van der Waals surface area contributed by atoms with Gasteiger partial charge in [0.15, 0.2) is 11.6 Å². The highest BCUT2D eigenvalue weighted by Gasteiger charge is 2.10. The predicted molar refractivity (Wildman–Crippen MR) is 71.6 cm³/mol. The van der Waals surface area contributed by atoms with Gasteiger partial charge in [0.25, 0.3) is 0 Å². The molecule has 0 spiro atoms. The molecule has 1 unspecified atom stereocenters. The first-order valence-electron chi connectivity index (χ1n) is 6.34. The minimum atomic E-state index is -0.791. The summed E-state index contributed by atoms with van der Waals surface area (Å²) in [7, 11) is 0. The van der Waals surface area contributed by atoms with Crippen LogP contribution in [0.2, 0.25) is 0 Å². The summed E-state index contributed by atoms with van der Waals surface area (Å²) in [6.07, 6.45) is 2.61. The second-order valence-corrected chi connectivity index (χ2v) is 4.70. The van der Waals surface area contributed by atoms with E-state index in [1.54, 1.807) is 6.07 Å². The molecule has 0 radical (unpaired) electrons. The van der Waals surface area contributed by atoms with Crippen LogP contribution in [0.25, 0.3) is 0 Å². The molecule has 0 aliphatic carbocycles. The van der Waals surface area contributed by atoms with Gasteiger partial charge in [-0.15, -0.1) is 6.58 Å². The van der Waals surface area contributed by atoms with Crippen molar-refractivity contribution in [3.8, 4) is 0 Å². The third-order valence-electron chi connectivity index (χ3n) is 2.88. The van der Waals surface area contributed by atoms with Crippen LogP contribution in [0.3, 0.4) is 0 Å². The van der Waals surface area contributed by atoms with Gasteiger partial charge in [-0.05, 0) is 50.4 Å². The largest absolute Gasteiger partial charge is 0.314 e. The van der Waals surface area contributed by atoms with Gasteiger partial charge in [0.2, 0.25) is 0 Å². The molecule has 1 aromatic rings. The minimum absolute atomic E-state index is 0.275. The number of allylic oxidation sites excluding steroid dienone is 1. The second kappa shape index (κ2) is 7.27. The van der Waals surface area contributed by atoms with Crippen LogP contribution in [0.15, 0.2) is 30.4 Å². The van der Waals surface area contributed by atoms with E-state index in [0.717, 1.165) is 30.5 Å². The molecule has 1 aromatic carbocycles. The molecule has 1 atom stereocenters. The lowest BCUT2D eigenvalue weighted by Crippen LogP contribution is -2.31. The van der Waals surface area contributed by atoms with E-state index >= 15 is 0 Å². The van der Waals surface area contributed by atoms with Crippen molar-refractivity contribution in [2.45, 2.75) is 39.2 Å². The maximum absolute atomic E-state index is 13.1. The van der Waals surface area contributed by atoms with E-state index in [1.807, 2.05) is 13.8 Å². The van der Waals surface area contributed by atoms with Gasteiger partial charge in [0.1, 0.15) is 0 Å². The third-order valence-corrected chi connectivity index (χ3v) is 2.88. The molecule has 3 heteroatoms. The molecular weight excluding hydrogens is 232 g/mol. The Hall–Kier alpha value is -1.22. The third kappa shape index (κ3) is 4.96. The summed E-state index contributed by atoms with van der Waals surface area (Å²) in [4.78, 5) is 0. The van der Waals surface area contributed by atoms with Crippen molar-refractivity contribution >= 4 is 0 Å². The van der Waals surface area contributed by atoms with E-state index < -0.39 is 11.6 Å². The van der Waals surface area contributed by atoms with E-state index in [2.05, 4.69) is 11.9 Å². The zero-order valence-corrected chi connectivity index (χ0v) is 11.1. The van der Waals surface area contributed by atoms with Crippen LogP contribution < -0.4 is 5.32 Å². The SMILES string of the molecule is C=C(C)CCC(Cc1ccc(F)c(F)c1)NCC. The quantitative estimate of drug-likeness (QED) is 0.728. The molecule has 0 aromatic heterocycles. The van der Waals surface area contributed by atoms with Crippen molar-refractivity contribution in [1.82, 2.24) is 5.32 Å². The smallest absolute Gasteiger partial charge is 0.159 e. The van der Waals surface area contributed by atoms with Crippen molar-refractivity contribution in [1.29, 1.82) is 0 Å².